The van der Waals surface area contributed by atoms with Crippen molar-refractivity contribution in [2.45, 2.75) is 112 Å². The van der Waals surface area contributed by atoms with Crippen molar-refractivity contribution in [1.82, 2.24) is 25.2 Å². The Kier molecular flexibility index (Phi) is 10.8. The Morgan fingerprint density at radius 1 is 1.04 bits per heavy atom. The van der Waals surface area contributed by atoms with Gasteiger partial charge in [-0.25, -0.2) is 18.2 Å². The number of alkyl carbamates (subject to hydrolysis) is 1. The normalized spacial score (nSPS) is 29.3. The number of carbonyl (C=O) groups is 4. The summed E-state index contributed by atoms with van der Waals surface area (Å²) in [5.41, 5.74) is -0.543. The molecule has 5 atom stereocenters. The molecule has 1 aromatic carbocycles. The van der Waals surface area contributed by atoms with E-state index in [1.54, 1.807) is 6.20 Å². The molecule has 14 heteroatoms. The highest BCUT2D eigenvalue weighted by molar-refractivity contribution is 7.91. The number of hydrogen-bond acceptors (Lipinski definition) is 9. The number of ether oxygens (including phenoxy) is 2. The number of benzene rings is 1. The first-order valence-electron chi connectivity index (χ1n) is 19.0. The van der Waals surface area contributed by atoms with Gasteiger partial charge < -0.3 is 25.0 Å². The van der Waals surface area contributed by atoms with Crippen molar-refractivity contribution in [3.63, 3.8) is 0 Å². The number of cyclic esters (lactones) is 1. The number of hydrogen-bond donors (Lipinski definition) is 3. The zero-order valence-electron chi connectivity index (χ0n) is 30.0. The Morgan fingerprint density at radius 2 is 1.83 bits per heavy atom. The van der Waals surface area contributed by atoms with Gasteiger partial charge in [-0.15, -0.1) is 6.58 Å². The van der Waals surface area contributed by atoms with Crippen molar-refractivity contribution in [1.29, 1.82) is 0 Å². The van der Waals surface area contributed by atoms with E-state index < -0.39 is 68.7 Å². The van der Waals surface area contributed by atoms with E-state index in [0.717, 1.165) is 67.7 Å². The molecular weight excluding hydrogens is 699 g/mol. The predicted molar refractivity (Wildman–Crippen MR) is 198 cm³/mol. The average Bonchev–Trinajstić information content (AvgIpc) is 4.08. The lowest BCUT2D eigenvalue weighted by atomic mass is 9.83. The molecule has 53 heavy (non-hydrogen) atoms. The second-order valence-corrected chi connectivity index (χ2v) is 17.1. The number of allylic oxidation sites excluding steroid dienone is 1. The van der Waals surface area contributed by atoms with Gasteiger partial charge in [-0.05, 0) is 86.8 Å². The third-order valence-corrected chi connectivity index (χ3v) is 13.2. The third kappa shape index (κ3) is 8.22. The van der Waals surface area contributed by atoms with Gasteiger partial charge in [0.25, 0.3) is 5.91 Å². The molecule has 3 saturated carbocycles. The summed E-state index contributed by atoms with van der Waals surface area (Å²) < 4.78 is 39.7. The molecule has 0 spiro atoms. The largest absolute Gasteiger partial charge is 0.472 e. The molecule has 3 heterocycles. The summed E-state index contributed by atoms with van der Waals surface area (Å²) in [5.74, 6) is -2.15. The summed E-state index contributed by atoms with van der Waals surface area (Å²) in [7, 11) is -3.88. The van der Waals surface area contributed by atoms with Gasteiger partial charge in [-0.3, -0.25) is 19.1 Å². The molecule has 0 radical (unpaired) electrons. The number of fused-ring (bicyclic) bond motifs is 3. The third-order valence-electron chi connectivity index (χ3n) is 11.3. The molecule has 2 aromatic rings. The fourth-order valence-corrected chi connectivity index (χ4v) is 9.39. The van der Waals surface area contributed by atoms with Gasteiger partial charge in [0.2, 0.25) is 27.7 Å². The van der Waals surface area contributed by atoms with Crippen LogP contribution in [0.1, 0.15) is 89.0 Å². The van der Waals surface area contributed by atoms with Crippen molar-refractivity contribution in [3.8, 4) is 5.88 Å². The standard InChI is InChI=1S/C39H49N5O8S/c1-2-28-23-39(28,37(47)43-53(49,50)30-16-17-30)42-34(45)32-22-29-24-44(32)36(46)33(27-12-8-6-9-13-27)41-38(48)51-20-10-5-3-4-7-11-25-14-15-26-18-19-40-35(52-29)31(26)21-25/h2,7,11,14-15,18-19,21,27-30,32-33H,1,3-6,8-10,12-13,16-17,20,22-24H2,(H,41,48)(H,42,45)(H,43,47)/b11-7+/t28?,29-,32+,33+,39-/m1/s1. The highest BCUT2D eigenvalue weighted by Crippen LogP contribution is 2.45. The molecule has 3 N–H and O–H groups in total. The Hall–Kier alpha value is -4.46. The smallest absolute Gasteiger partial charge is 0.407 e. The molecule has 1 aromatic heterocycles. The SMILES string of the molecule is C=CC1C[C@]1(NC(=O)[C@@H]1C[C@@H]2CN1C(=O)[C@H](C1CCCCC1)NC(=O)OCCCCC/C=C/c1ccc3ccnc(c3c1)O2)C(=O)NS(=O)(=O)C1CC1. The molecule has 1 saturated heterocycles. The molecule has 284 valence electrons. The van der Waals surface area contributed by atoms with E-state index >= 15 is 0 Å². The van der Waals surface area contributed by atoms with E-state index in [4.69, 9.17) is 9.47 Å². The molecule has 7 rings (SSSR count). The molecule has 4 fully saturated rings. The van der Waals surface area contributed by atoms with Gasteiger partial charge in [0.15, 0.2) is 0 Å². The highest BCUT2D eigenvalue weighted by Gasteiger charge is 2.62. The maximum absolute atomic E-state index is 14.7. The number of nitrogens with zero attached hydrogens (tertiary/aromatic N) is 2. The zero-order valence-corrected chi connectivity index (χ0v) is 30.8. The number of sulfonamides is 1. The van der Waals surface area contributed by atoms with Gasteiger partial charge >= 0.3 is 6.09 Å². The van der Waals surface area contributed by atoms with Gasteiger partial charge in [0, 0.05) is 23.9 Å². The Balaban J connectivity index is 1.21. The number of rotatable bonds is 7. The van der Waals surface area contributed by atoms with Crippen LogP contribution in [-0.4, -0.2) is 84.2 Å². The number of pyridine rings is 1. The fourth-order valence-electron chi connectivity index (χ4n) is 8.03. The lowest BCUT2D eigenvalue weighted by molar-refractivity contribution is -0.142. The highest BCUT2D eigenvalue weighted by atomic mass is 32.2. The lowest BCUT2D eigenvalue weighted by Crippen LogP contribution is -2.59. The van der Waals surface area contributed by atoms with Gasteiger partial charge in [-0.1, -0.05) is 49.6 Å². The van der Waals surface area contributed by atoms with E-state index in [9.17, 15) is 27.6 Å². The van der Waals surface area contributed by atoms with Crippen LogP contribution in [0.5, 0.6) is 5.88 Å². The quantitative estimate of drug-likeness (QED) is 0.345. The first-order chi connectivity index (χ1) is 25.6. The van der Waals surface area contributed by atoms with Crippen LogP contribution in [0.2, 0.25) is 0 Å². The molecule has 2 aliphatic heterocycles. The van der Waals surface area contributed by atoms with E-state index in [-0.39, 0.29) is 31.9 Å². The van der Waals surface area contributed by atoms with Crippen molar-refractivity contribution < 1.29 is 37.1 Å². The van der Waals surface area contributed by atoms with Crippen LogP contribution in [0.4, 0.5) is 4.79 Å². The van der Waals surface area contributed by atoms with Crippen molar-refractivity contribution in [2.75, 3.05) is 13.2 Å². The van der Waals surface area contributed by atoms with Crippen molar-refractivity contribution in [2.24, 2.45) is 11.8 Å². The average molecular weight is 748 g/mol. The summed E-state index contributed by atoms with van der Waals surface area (Å²) in [5, 5.41) is 6.80. The van der Waals surface area contributed by atoms with E-state index in [1.807, 2.05) is 24.3 Å². The zero-order chi connectivity index (χ0) is 37.2. The summed E-state index contributed by atoms with van der Waals surface area (Å²) in [4.78, 5) is 61.7. The van der Waals surface area contributed by atoms with Gasteiger partial charge in [0.1, 0.15) is 23.7 Å². The maximum atomic E-state index is 14.7. The molecule has 4 bridgehead atoms. The number of amides is 4. The van der Waals surface area contributed by atoms with Crippen molar-refractivity contribution >= 4 is 50.7 Å². The van der Waals surface area contributed by atoms with E-state index in [2.05, 4.69) is 39.1 Å². The summed E-state index contributed by atoms with van der Waals surface area (Å²) in [6.45, 7) is 4.04. The van der Waals surface area contributed by atoms with Crippen LogP contribution in [0, 0.1) is 11.8 Å². The summed E-state index contributed by atoms with van der Waals surface area (Å²) >= 11 is 0. The summed E-state index contributed by atoms with van der Waals surface area (Å²) in [6.07, 6.45) is 14.9. The molecule has 5 aliphatic rings. The Bertz CT molecular complexity index is 1890. The lowest BCUT2D eigenvalue weighted by Gasteiger charge is -2.34. The van der Waals surface area contributed by atoms with E-state index in [0.29, 0.717) is 25.1 Å². The van der Waals surface area contributed by atoms with Crippen LogP contribution in [0.15, 0.2) is 49.2 Å². The topological polar surface area (TPSA) is 173 Å². The fraction of sp³-hybridized carbons (Fsp3) is 0.564. The number of aromatic nitrogens is 1. The van der Waals surface area contributed by atoms with Gasteiger partial charge in [-0.2, -0.15) is 0 Å². The molecule has 1 unspecified atom stereocenters. The van der Waals surface area contributed by atoms with Gasteiger partial charge in [0.05, 0.1) is 18.4 Å². The minimum atomic E-state index is -3.88. The summed E-state index contributed by atoms with van der Waals surface area (Å²) in [6, 6.07) is 5.92. The molecule has 3 aliphatic carbocycles. The number of carbonyl (C=O) groups excluding carboxylic acids is 4. The minimum Gasteiger partial charge on any atom is -0.472 e. The van der Waals surface area contributed by atoms with E-state index in [1.165, 1.54) is 11.0 Å². The molecular formula is C39H49N5O8S. The second kappa shape index (κ2) is 15.5. The maximum Gasteiger partial charge on any atom is 0.407 e. The first kappa shape index (κ1) is 36.9. The monoisotopic (exact) mass is 747 g/mol. The Morgan fingerprint density at radius 3 is 2.58 bits per heavy atom. The van der Waals surface area contributed by atoms with Crippen LogP contribution in [-0.2, 0) is 29.1 Å². The minimum absolute atomic E-state index is 0.0225. The van der Waals surface area contributed by atoms with Crippen LogP contribution in [0.25, 0.3) is 16.8 Å². The van der Waals surface area contributed by atoms with Crippen molar-refractivity contribution in [3.05, 3.63) is 54.8 Å². The first-order valence-corrected chi connectivity index (χ1v) is 20.6. The van der Waals surface area contributed by atoms with Crippen LogP contribution < -0.4 is 20.1 Å². The molecule has 13 nitrogen and oxygen atoms in total. The molecule has 4 amide bonds. The number of nitrogens with one attached hydrogen (secondary N) is 3. The Labute approximate surface area is 310 Å². The second-order valence-electron chi connectivity index (χ2n) is 15.2. The predicted octanol–water partition coefficient (Wildman–Crippen LogP) is 4.51. The van der Waals surface area contributed by atoms with Crippen LogP contribution in [0.3, 0.4) is 0 Å². The van der Waals surface area contributed by atoms with Crippen LogP contribution >= 0.6 is 0 Å².